The van der Waals surface area contributed by atoms with Crippen LogP contribution in [0.5, 0.6) is 0 Å². The highest BCUT2D eigenvalue weighted by Gasteiger charge is 2.42. The molecule has 1 aromatic carbocycles. The van der Waals surface area contributed by atoms with Crippen LogP contribution in [0.4, 0.5) is 9.18 Å². The molecule has 0 aromatic heterocycles. The zero-order valence-electron chi connectivity index (χ0n) is 30.8. The summed E-state index contributed by atoms with van der Waals surface area (Å²) in [5, 5.41) is 5.65. The fourth-order valence-corrected chi connectivity index (χ4v) is 6.44. The van der Waals surface area contributed by atoms with E-state index in [-0.39, 0.29) is 37.0 Å². The predicted octanol–water partition coefficient (Wildman–Crippen LogP) is 5.21. The molecule has 13 heteroatoms. The highest BCUT2D eigenvalue weighted by molar-refractivity contribution is 9.10. The SMILES string of the molecule is CC(C)C[C@@H]1NC(=O)[C@@H](N(C)C(=O)[C@@H](NC(=O)OC(C)(C)C)C2CC2)C/C=C\CCCCN(C)C(=O)[C@H](Cc2cc(F)ccc2Br)N(C)C1=O. The van der Waals surface area contributed by atoms with Crippen molar-refractivity contribution in [3.8, 4) is 0 Å². The van der Waals surface area contributed by atoms with Crippen molar-refractivity contribution < 1.29 is 33.1 Å². The minimum absolute atomic E-state index is 0.00702. The summed E-state index contributed by atoms with van der Waals surface area (Å²) < 4.78 is 20.3. The molecule has 1 aliphatic heterocycles. The van der Waals surface area contributed by atoms with Gasteiger partial charge >= 0.3 is 6.09 Å². The van der Waals surface area contributed by atoms with Gasteiger partial charge in [0.05, 0.1) is 0 Å². The number of amides is 5. The Morgan fingerprint density at radius 3 is 2.40 bits per heavy atom. The van der Waals surface area contributed by atoms with E-state index in [1.807, 2.05) is 26.0 Å². The predicted molar refractivity (Wildman–Crippen MR) is 193 cm³/mol. The van der Waals surface area contributed by atoms with E-state index in [9.17, 15) is 28.4 Å². The van der Waals surface area contributed by atoms with Crippen molar-refractivity contribution in [2.75, 3.05) is 27.7 Å². The van der Waals surface area contributed by atoms with E-state index in [1.54, 1.807) is 38.8 Å². The monoisotopic (exact) mass is 763 g/mol. The number of nitrogens with zero attached hydrogens (tertiary/aromatic N) is 3. The lowest BCUT2D eigenvalue weighted by Crippen LogP contribution is -2.59. The molecule has 0 bridgehead atoms. The van der Waals surface area contributed by atoms with Gasteiger partial charge in [-0.15, -0.1) is 0 Å². The van der Waals surface area contributed by atoms with E-state index in [2.05, 4.69) is 26.6 Å². The average molecular weight is 765 g/mol. The second kappa shape index (κ2) is 18.1. The molecule has 50 heavy (non-hydrogen) atoms. The summed E-state index contributed by atoms with van der Waals surface area (Å²) in [7, 11) is 4.77. The third-order valence-corrected chi connectivity index (χ3v) is 9.78. The lowest BCUT2D eigenvalue weighted by atomic mass is 9.98. The fraction of sp³-hybridized carbons (Fsp3) is 0.649. The van der Waals surface area contributed by atoms with Crippen molar-refractivity contribution in [3.05, 3.63) is 46.2 Å². The second-order valence-electron chi connectivity index (χ2n) is 15.0. The maximum atomic E-state index is 14.3. The summed E-state index contributed by atoms with van der Waals surface area (Å²) in [6.07, 6.45) is 7.35. The topological polar surface area (TPSA) is 128 Å². The minimum Gasteiger partial charge on any atom is -0.444 e. The van der Waals surface area contributed by atoms with Crippen LogP contribution in [-0.4, -0.2) is 102 Å². The Bertz CT molecular complexity index is 1410. The zero-order valence-corrected chi connectivity index (χ0v) is 32.3. The van der Waals surface area contributed by atoms with Crippen LogP contribution in [0.3, 0.4) is 0 Å². The van der Waals surface area contributed by atoms with Gasteiger partial charge in [-0.3, -0.25) is 19.2 Å². The molecule has 3 rings (SSSR count). The van der Waals surface area contributed by atoms with Crippen molar-refractivity contribution in [1.29, 1.82) is 0 Å². The van der Waals surface area contributed by atoms with Gasteiger partial charge in [-0.05, 0) is 101 Å². The van der Waals surface area contributed by atoms with E-state index in [0.29, 0.717) is 29.4 Å². The van der Waals surface area contributed by atoms with E-state index in [4.69, 9.17) is 4.74 Å². The Balaban J connectivity index is 1.96. The Morgan fingerprint density at radius 2 is 1.78 bits per heavy atom. The average Bonchev–Trinajstić information content (AvgIpc) is 3.87. The van der Waals surface area contributed by atoms with Crippen LogP contribution in [0.15, 0.2) is 34.8 Å². The molecule has 4 atom stereocenters. The van der Waals surface area contributed by atoms with Gasteiger partial charge in [-0.2, -0.15) is 0 Å². The van der Waals surface area contributed by atoms with Crippen molar-refractivity contribution in [3.63, 3.8) is 0 Å². The van der Waals surface area contributed by atoms with Gasteiger partial charge in [0.25, 0.3) is 0 Å². The number of carbonyl (C=O) groups excluding carboxylic acids is 5. The highest BCUT2D eigenvalue weighted by Crippen LogP contribution is 2.34. The molecule has 2 aliphatic rings. The lowest BCUT2D eigenvalue weighted by molar-refractivity contribution is -0.147. The molecule has 1 fully saturated rings. The highest BCUT2D eigenvalue weighted by atomic mass is 79.9. The summed E-state index contributed by atoms with van der Waals surface area (Å²) >= 11 is 3.46. The third kappa shape index (κ3) is 12.1. The van der Waals surface area contributed by atoms with Gasteiger partial charge in [0.1, 0.15) is 35.6 Å². The summed E-state index contributed by atoms with van der Waals surface area (Å²) in [4.78, 5) is 73.3. The molecular formula is C37H55BrFN5O6. The van der Waals surface area contributed by atoms with Gasteiger partial charge in [-0.25, -0.2) is 9.18 Å². The largest absolute Gasteiger partial charge is 0.444 e. The van der Waals surface area contributed by atoms with E-state index in [0.717, 1.165) is 19.3 Å². The number of ether oxygens (including phenoxy) is 1. The van der Waals surface area contributed by atoms with Crippen molar-refractivity contribution >= 4 is 45.7 Å². The van der Waals surface area contributed by atoms with Crippen molar-refractivity contribution in [2.45, 2.75) is 116 Å². The first-order chi connectivity index (χ1) is 23.4. The molecular weight excluding hydrogens is 709 g/mol. The number of nitrogens with one attached hydrogen (secondary N) is 2. The molecule has 5 amide bonds. The lowest BCUT2D eigenvalue weighted by Gasteiger charge is -2.35. The minimum atomic E-state index is -1.01. The number of halogens is 2. The number of carbonyl (C=O) groups is 5. The van der Waals surface area contributed by atoms with Gasteiger partial charge in [-0.1, -0.05) is 41.9 Å². The van der Waals surface area contributed by atoms with E-state index < -0.39 is 59.4 Å². The Morgan fingerprint density at radius 1 is 1.10 bits per heavy atom. The van der Waals surface area contributed by atoms with E-state index in [1.165, 1.54) is 36.0 Å². The second-order valence-corrected chi connectivity index (χ2v) is 15.8. The molecule has 11 nitrogen and oxygen atoms in total. The van der Waals surface area contributed by atoms with Gasteiger partial charge < -0.3 is 30.1 Å². The normalized spacial score (nSPS) is 22.9. The van der Waals surface area contributed by atoms with E-state index >= 15 is 0 Å². The summed E-state index contributed by atoms with van der Waals surface area (Å²) in [5.41, 5.74) is -0.218. The number of allylic oxidation sites excluding steroid dienone is 1. The number of benzene rings is 1. The molecule has 278 valence electrons. The molecule has 0 saturated heterocycles. The number of hydrogen-bond donors (Lipinski definition) is 2. The van der Waals surface area contributed by atoms with Crippen LogP contribution in [0.25, 0.3) is 0 Å². The standard InChI is InChI=1S/C37H55BrFN5O6/c1-23(2)20-28-33(46)44(8)30(22-25-21-26(39)17-18-27(25)38)34(47)42(6)19-13-11-9-10-12-14-29(32(45)40-28)43(7)35(48)31(24-15-16-24)41-36(49)50-37(3,4)5/h10,12,17-18,21,23-24,28-31H,9,11,13-16,19-20,22H2,1-8H3,(H,40,45)(H,41,49)/b12-10-/t28-,29-,30-,31-/m0/s1. The van der Waals surface area contributed by atoms with Gasteiger partial charge in [0.2, 0.25) is 23.6 Å². The number of rotatable bonds is 8. The van der Waals surface area contributed by atoms with Gasteiger partial charge in [0, 0.05) is 38.6 Å². The van der Waals surface area contributed by atoms with Crippen LogP contribution in [0, 0.1) is 17.7 Å². The summed E-state index contributed by atoms with van der Waals surface area (Å²) in [6.45, 7) is 9.55. The first-order valence-electron chi connectivity index (χ1n) is 17.6. The summed E-state index contributed by atoms with van der Waals surface area (Å²) in [6, 6.07) is 0.412. The van der Waals surface area contributed by atoms with Crippen LogP contribution < -0.4 is 10.6 Å². The van der Waals surface area contributed by atoms with Crippen LogP contribution in [0.2, 0.25) is 0 Å². The molecule has 0 spiro atoms. The molecule has 1 aliphatic carbocycles. The summed E-state index contributed by atoms with van der Waals surface area (Å²) in [5.74, 6) is -2.24. The Labute approximate surface area is 304 Å². The smallest absolute Gasteiger partial charge is 0.408 e. The van der Waals surface area contributed by atoms with Gasteiger partial charge in [0.15, 0.2) is 0 Å². The first-order valence-corrected chi connectivity index (χ1v) is 18.4. The first kappa shape index (κ1) is 40.9. The maximum absolute atomic E-state index is 14.3. The number of alkyl carbamates (subject to hydrolysis) is 1. The maximum Gasteiger partial charge on any atom is 0.408 e. The molecule has 0 radical (unpaired) electrons. The molecule has 1 heterocycles. The Hall–Kier alpha value is -3.48. The zero-order chi connectivity index (χ0) is 37.3. The quantitative estimate of drug-likeness (QED) is 0.351. The molecule has 1 saturated carbocycles. The molecule has 2 N–H and O–H groups in total. The van der Waals surface area contributed by atoms with Crippen molar-refractivity contribution in [1.82, 2.24) is 25.3 Å². The van der Waals surface area contributed by atoms with Crippen molar-refractivity contribution in [2.24, 2.45) is 11.8 Å². The van der Waals surface area contributed by atoms with Crippen LogP contribution in [-0.2, 0) is 30.3 Å². The third-order valence-electron chi connectivity index (χ3n) is 9.01. The van der Waals surface area contributed by atoms with Crippen LogP contribution >= 0.6 is 15.9 Å². The fourth-order valence-electron chi connectivity index (χ4n) is 6.04. The molecule has 1 aromatic rings. The Kier molecular flexibility index (Phi) is 14.9. The number of likely N-dealkylation sites (N-methyl/N-ethyl adjacent to an activating group) is 3. The number of hydrogen-bond acceptors (Lipinski definition) is 6. The van der Waals surface area contributed by atoms with Crippen LogP contribution in [0.1, 0.15) is 85.1 Å². The molecule has 0 unspecified atom stereocenters.